The maximum absolute atomic E-state index is 6.02. The lowest BCUT2D eigenvalue weighted by Crippen LogP contribution is -2.25. The molecule has 1 fully saturated rings. The first-order chi connectivity index (χ1) is 10.3. The van der Waals surface area contributed by atoms with Gasteiger partial charge >= 0.3 is 0 Å². The zero-order valence-corrected chi connectivity index (χ0v) is 12.8. The van der Waals surface area contributed by atoms with Crippen molar-refractivity contribution in [2.24, 2.45) is 5.92 Å². The normalized spacial score (nSPS) is 14.6. The highest BCUT2D eigenvalue weighted by atomic mass is 35.5. The fraction of sp³-hybridized carbons (Fsp3) is 0.333. The summed E-state index contributed by atoms with van der Waals surface area (Å²) in [5.74, 6) is 0.799. The zero-order chi connectivity index (χ0) is 14.5. The van der Waals surface area contributed by atoms with Crippen LogP contribution in [0.4, 0.5) is 0 Å². The van der Waals surface area contributed by atoms with Gasteiger partial charge in [0, 0.05) is 18.1 Å². The Kier molecular flexibility index (Phi) is 4.91. The van der Waals surface area contributed by atoms with Gasteiger partial charge in [0.1, 0.15) is 0 Å². The molecule has 2 aromatic rings. The number of nitrogens with zero attached hydrogens (tertiary/aromatic N) is 1. The monoisotopic (exact) mass is 301 g/mol. The highest BCUT2D eigenvalue weighted by Gasteiger charge is 2.24. The van der Waals surface area contributed by atoms with Gasteiger partial charge in [-0.2, -0.15) is 5.06 Å². The summed E-state index contributed by atoms with van der Waals surface area (Å²) in [7, 11) is 0. The van der Waals surface area contributed by atoms with E-state index in [1.54, 1.807) is 0 Å². The number of benzene rings is 2. The molecule has 0 radical (unpaired) electrons. The van der Waals surface area contributed by atoms with E-state index in [9.17, 15) is 0 Å². The van der Waals surface area contributed by atoms with Crippen LogP contribution in [0.15, 0.2) is 54.6 Å². The molecule has 0 unspecified atom stereocenters. The summed E-state index contributed by atoms with van der Waals surface area (Å²) in [5, 5.41) is 2.85. The zero-order valence-electron chi connectivity index (χ0n) is 12.0. The lowest BCUT2D eigenvalue weighted by Gasteiger charge is -2.22. The van der Waals surface area contributed by atoms with Gasteiger partial charge in [-0.1, -0.05) is 54.1 Å². The number of rotatable bonds is 7. The predicted octanol–water partition coefficient (Wildman–Crippen LogP) is 4.68. The van der Waals surface area contributed by atoms with Gasteiger partial charge in [-0.25, -0.2) is 0 Å². The van der Waals surface area contributed by atoms with Crippen molar-refractivity contribution >= 4 is 11.6 Å². The molecule has 110 valence electrons. The topological polar surface area (TPSA) is 12.5 Å². The third-order valence-electron chi connectivity index (χ3n) is 3.66. The third-order valence-corrected chi connectivity index (χ3v) is 3.90. The summed E-state index contributed by atoms with van der Waals surface area (Å²) in [6.07, 6.45) is 2.65. The van der Waals surface area contributed by atoms with Gasteiger partial charge in [0.05, 0.1) is 6.61 Å². The van der Waals surface area contributed by atoms with Crippen molar-refractivity contribution in [3.63, 3.8) is 0 Å². The molecule has 1 saturated carbocycles. The molecule has 0 heterocycles. The summed E-state index contributed by atoms with van der Waals surface area (Å²) in [4.78, 5) is 6.01. The van der Waals surface area contributed by atoms with Crippen LogP contribution in [0.3, 0.4) is 0 Å². The standard InChI is InChI=1S/C18H20ClNO/c19-18-8-4-7-17(11-18)14-21-20(13-16-9-10-16)12-15-5-2-1-3-6-15/h1-8,11,16H,9-10,12-14H2. The Morgan fingerprint density at radius 3 is 2.48 bits per heavy atom. The average Bonchev–Trinajstić information content (AvgIpc) is 3.30. The summed E-state index contributed by atoms with van der Waals surface area (Å²) in [6, 6.07) is 18.3. The molecule has 3 rings (SSSR count). The van der Waals surface area contributed by atoms with Crippen molar-refractivity contribution in [1.82, 2.24) is 5.06 Å². The fourth-order valence-corrected chi connectivity index (χ4v) is 2.54. The van der Waals surface area contributed by atoms with Crippen LogP contribution in [0, 0.1) is 5.92 Å². The lowest BCUT2D eigenvalue weighted by molar-refractivity contribution is -0.179. The molecule has 1 aliphatic rings. The van der Waals surface area contributed by atoms with E-state index in [4.69, 9.17) is 16.4 Å². The Hall–Kier alpha value is -1.35. The van der Waals surface area contributed by atoms with Crippen LogP contribution in [0.25, 0.3) is 0 Å². The molecule has 2 aromatic carbocycles. The van der Waals surface area contributed by atoms with Gasteiger partial charge < -0.3 is 0 Å². The van der Waals surface area contributed by atoms with Crippen molar-refractivity contribution in [1.29, 1.82) is 0 Å². The molecule has 0 aliphatic heterocycles. The van der Waals surface area contributed by atoms with E-state index in [0.29, 0.717) is 6.61 Å². The average molecular weight is 302 g/mol. The van der Waals surface area contributed by atoms with E-state index < -0.39 is 0 Å². The van der Waals surface area contributed by atoms with Crippen molar-refractivity contribution in [3.05, 3.63) is 70.7 Å². The molecule has 2 nitrogen and oxygen atoms in total. The number of hydrogen-bond donors (Lipinski definition) is 0. The fourth-order valence-electron chi connectivity index (χ4n) is 2.33. The third kappa shape index (κ3) is 4.85. The second-order valence-electron chi connectivity index (χ2n) is 5.65. The van der Waals surface area contributed by atoms with Crippen LogP contribution in [0.1, 0.15) is 24.0 Å². The highest BCUT2D eigenvalue weighted by molar-refractivity contribution is 6.30. The Labute approximate surface area is 131 Å². The van der Waals surface area contributed by atoms with E-state index in [1.807, 2.05) is 30.3 Å². The molecule has 3 heteroatoms. The van der Waals surface area contributed by atoms with Crippen LogP contribution in [0.2, 0.25) is 5.02 Å². The molecule has 0 spiro atoms. The Bertz CT molecular complexity index is 568. The molecule has 21 heavy (non-hydrogen) atoms. The smallest absolute Gasteiger partial charge is 0.0936 e. The van der Waals surface area contributed by atoms with Crippen molar-refractivity contribution in [2.75, 3.05) is 6.54 Å². The van der Waals surface area contributed by atoms with Crippen LogP contribution < -0.4 is 0 Å². The van der Waals surface area contributed by atoms with Gasteiger partial charge in [0.25, 0.3) is 0 Å². The van der Waals surface area contributed by atoms with Crippen molar-refractivity contribution in [3.8, 4) is 0 Å². The number of halogens is 1. The highest BCUT2D eigenvalue weighted by Crippen LogP contribution is 2.30. The maximum atomic E-state index is 6.02. The summed E-state index contributed by atoms with van der Waals surface area (Å²) < 4.78 is 0. The van der Waals surface area contributed by atoms with Gasteiger partial charge in [0.15, 0.2) is 0 Å². The number of hydrogen-bond acceptors (Lipinski definition) is 2. The van der Waals surface area contributed by atoms with Gasteiger partial charge in [0.2, 0.25) is 0 Å². The molecular weight excluding hydrogens is 282 g/mol. The molecule has 0 atom stereocenters. The quantitative estimate of drug-likeness (QED) is 0.688. The second-order valence-corrected chi connectivity index (χ2v) is 6.09. The summed E-state index contributed by atoms with van der Waals surface area (Å²) in [6.45, 7) is 2.41. The van der Waals surface area contributed by atoms with Crippen molar-refractivity contribution in [2.45, 2.75) is 26.0 Å². The first kappa shape index (κ1) is 14.6. The van der Waals surface area contributed by atoms with Gasteiger partial charge in [-0.3, -0.25) is 4.84 Å². The SMILES string of the molecule is Clc1cccc(CON(Cc2ccccc2)CC2CC2)c1. The van der Waals surface area contributed by atoms with Crippen LogP contribution in [-0.4, -0.2) is 11.6 Å². The van der Waals surface area contributed by atoms with E-state index in [-0.39, 0.29) is 0 Å². The molecule has 0 aromatic heterocycles. The molecule has 0 amide bonds. The minimum atomic E-state index is 0.570. The van der Waals surface area contributed by atoms with E-state index in [1.165, 1.54) is 18.4 Å². The van der Waals surface area contributed by atoms with E-state index >= 15 is 0 Å². The van der Waals surface area contributed by atoms with Gasteiger partial charge in [-0.15, -0.1) is 0 Å². The predicted molar refractivity (Wildman–Crippen MR) is 85.8 cm³/mol. The Balaban J connectivity index is 1.59. The largest absolute Gasteiger partial charge is 0.294 e. The summed E-state index contributed by atoms with van der Waals surface area (Å²) in [5.41, 5.74) is 2.39. The molecule has 0 N–H and O–H groups in total. The van der Waals surface area contributed by atoms with Crippen LogP contribution >= 0.6 is 11.6 Å². The first-order valence-corrected chi connectivity index (χ1v) is 7.83. The second kappa shape index (κ2) is 7.08. The lowest BCUT2D eigenvalue weighted by atomic mass is 10.2. The minimum Gasteiger partial charge on any atom is -0.294 e. The molecule has 0 saturated heterocycles. The van der Waals surface area contributed by atoms with Gasteiger partial charge in [-0.05, 0) is 42.0 Å². The molecule has 1 aliphatic carbocycles. The van der Waals surface area contributed by atoms with E-state index in [2.05, 4.69) is 29.3 Å². The van der Waals surface area contributed by atoms with Crippen LogP contribution in [-0.2, 0) is 18.0 Å². The van der Waals surface area contributed by atoms with Crippen LogP contribution in [0.5, 0.6) is 0 Å². The Morgan fingerprint density at radius 1 is 1.00 bits per heavy atom. The maximum Gasteiger partial charge on any atom is 0.0936 e. The number of hydroxylamine groups is 2. The first-order valence-electron chi connectivity index (χ1n) is 7.46. The molecule has 0 bridgehead atoms. The Morgan fingerprint density at radius 2 is 1.76 bits per heavy atom. The summed E-state index contributed by atoms with van der Waals surface area (Å²) >= 11 is 6.02. The van der Waals surface area contributed by atoms with E-state index in [0.717, 1.165) is 29.6 Å². The van der Waals surface area contributed by atoms with Crippen molar-refractivity contribution < 1.29 is 4.84 Å². The minimum absolute atomic E-state index is 0.570. The molecular formula is C18H20ClNO.